The van der Waals surface area contributed by atoms with Gasteiger partial charge >= 0.3 is 6.18 Å². The fourth-order valence-corrected chi connectivity index (χ4v) is 1.88. The molecular formula is C15H15F3N2O. The zero-order valence-corrected chi connectivity index (χ0v) is 11.7. The molecule has 0 aliphatic carbocycles. The second-order valence-corrected chi connectivity index (χ2v) is 4.38. The SMILES string of the molecule is CCNc1cc(C(F)(F)F)cc(-c2ccc(OC)cc2)n1. The van der Waals surface area contributed by atoms with Crippen molar-refractivity contribution in [2.75, 3.05) is 19.0 Å². The summed E-state index contributed by atoms with van der Waals surface area (Å²) in [4.78, 5) is 4.21. The largest absolute Gasteiger partial charge is 0.497 e. The minimum atomic E-state index is -4.41. The Morgan fingerprint density at radius 2 is 1.81 bits per heavy atom. The molecule has 6 heteroatoms. The van der Waals surface area contributed by atoms with Crippen LogP contribution in [-0.4, -0.2) is 18.6 Å². The number of hydrogen-bond donors (Lipinski definition) is 1. The summed E-state index contributed by atoms with van der Waals surface area (Å²) in [7, 11) is 1.53. The third-order valence-corrected chi connectivity index (χ3v) is 2.90. The fraction of sp³-hybridized carbons (Fsp3) is 0.267. The summed E-state index contributed by atoms with van der Waals surface area (Å²) in [6, 6.07) is 8.78. The minimum Gasteiger partial charge on any atom is -0.497 e. The van der Waals surface area contributed by atoms with E-state index in [9.17, 15) is 13.2 Å². The van der Waals surface area contributed by atoms with E-state index in [0.717, 1.165) is 12.1 Å². The van der Waals surface area contributed by atoms with Gasteiger partial charge in [0.1, 0.15) is 11.6 Å². The van der Waals surface area contributed by atoms with Crippen molar-refractivity contribution in [1.29, 1.82) is 0 Å². The first-order chi connectivity index (χ1) is 9.94. The number of nitrogens with zero attached hydrogens (tertiary/aromatic N) is 1. The topological polar surface area (TPSA) is 34.1 Å². The summed E-state index contributed by atoms with van der Waals surface area (Å²) >= 11 is 0. The van der Waals surface area contributed by atoms with Crippen LogP contribution in [0.5, 0.6) is 5.75 Å². The average molecular weight is 296 g/mol. The lowest BCUT2D eigenvalue weighted by atomic mass is 10.1. The molecule has 0 bridgehead atoms. The molecule has 0 spiro atoms. The molecular weight excluding hydrogens is 281 g/mol. The van der Waals surface area contributed by atoms with Crippen molar-refractivity contribution in [3.63, 3.8) is 0 Å². The molecule has 0 amide bonds. The van der Waals surface area contributed by atoms with Crippen LogP contribution in [0, 0.1) is 0 Å². The highest BCUT2D eigenvalue weighted by Crippen LogP contribution is 2.33. The minimum absolute atomic E-state index is 0.207. The lowest BCUT2D eigenvalue weighted by molar-refractivity contribution is -0.137. The highest BCUT2D eigenvalue weighted by Gasteiger charge is 2.31. The highest BCUT2D eigenvalue weighted by molar-refractivity contribution is 5.63. The maximum absolute atomic E-state index is 12.9. The quantitative estimate of drug-likeness (QED) is 0.917. The number of hydrogen-bond acceptors (Lipinski definition) is 3. The maximum atomic E-state index is 12.9. The molecule has 2 rings (SSSR count). The predicted molar refractivity (Wildman–Crippen MR) is 75.4 cm³/mol. The van der Waals surface area contributed by atoms with E-state index in [1.807, 2.05) is 0 Å². The number of nitrogens with one attached hydrogen (secondary N) is 1. The number of rotatable bonds is 4. The van der Waals surface area contributed by atoms with E-state index < -0.39 is 11.7 Å². The van der Waals surface area contributed by atoms with Gasteiger partial charge in [-0.3, -0.25) is 0 Å². The highest BCUT2D eigenvalue weighted by atomic mass is 19.4. The molecule has 0 unspecified atom stereocenters. The van der Waals surface area contributed by atoms with Gasteiger partial charge in [0.15, 0.2) is 0 Å². The van der Waals surface area contributed by atoms with Gasteiger partial charge in [-0.05, 0) is 43.3 Å². The molecule has 1 aromatic carbocycles. The average Bonchev–Trinajstić information content (AvgIpc) is 2.46. The van der Waals surface area contributed by atoms with Crippen LogP contribution >= 0.6 is 0 Å². The lowest BCUT2D eigenvalue weighted by Crippen LogP contribution is -2.08. The molecule has 1 N–H and O–H groups in total. The molecule has 0 fully saturated rings. The molecule has 0 saturated carbocycles. The maximum Gasteiger partial charge on any atom is 0.416 e. The predicted octanol–water partition coefficient (Wildman–Crippen LogP) is 4.21. The first-order valence-electron chi connectivity index (χ1n) is 6.41. The van der Waals surface area contributed by atoms with Crippen LogP contribution in [-0.2, 0) is 6.18 Å². The van der Waals surface area contributed by atoms with Crippen molar-refractivity contribution >= 4 is 5.82 Å². The standard InChI is InChI=1S/C15H15F3N2O/c1-3-19-14-9-11(15(16,17)18)8-13(20-14)10-4-6-12(21-2)7-5-10/h4-9H,3H2,1-2H3,(H,19,20). The van der Waals surface area contributed by atoms with E-state index in [2.05, 4.69) is 10.3 Å². The van der Waals surface area contributed by atoms with E-state index in [0.29, 0.717) is 17.9 Å². The van der Waals surface area contributed by atoms with Crippen LogP contribution in [0.3, 0.4) is 0 Å². The van der Waals surface area contributed by atoms with Gasteiger partial charge in [0.25, 0.3) is 0 Å². The Balaban J connectivity index is 2.48. The lowest BCUT2D eigenvalue weighted by Gasteiger charge is -2.12. The van der Waals surface area contributed by atoms with Gasteiger partial charge < -0.3 is 10.1 Å². The summed E-state index contributed by atoms with van der Waals surface area (Å²) in [6.45, 7) is 2.30. The van der Waals surface area contributed by atoms with Gasteiger partial charge in [0, 0.05) is 12.1 Å². The van der Waals surface area contributed by atoms with Crippen LogP contribution in [0.15, 0.2) is 36.4 Å². The number of halogens is 3. The van der Waals surface area contributed by atoms with Crippen molar-refractivity contribution in [1.82, 2.24) is 4.98 Å². The van der Waals surface area contributed by atoms with E-state index in [1.54, 1.807) is 31.2 Å². The van der Waals surface area contributed by atoms with Gasteiger partial charge in [0.05, 0.1) is 18.4 Å². The fourth-order valence-electron chi connectivity index (χ4n) is 1.88. The van der Waals surface area contributed by atoms with Crippen LogP contribution in [0.25, 0.3) is 11.3 Å². The van der Waals surface area contributed by atoms with Crippen molar-refractivity contribution in [3.8, 4) is 17.0 Å². The molecule has 2 aromatic rings. The molecule has 0 radical (unpaired) electrons. The van der Waals surface area contributed by atoms with Gasteiger partial charge in [-0.15, -0.1) is 0 Å². The number of benzene rings is 1. The molecule has 112 valence electrons. The molecule has 1 aromatic heterocycles. The molecule has 3 nitrogen and oxygen atoms in total. The van der Waals surface area contributed by atoms with Crippen molar-refractivity contribution in [2.24, 2.45) is 0 Å². The molecule has 0 aliphatic heterocycles. The molecule has 0 saturated heterocycles. The van der Waals surface area contributed by atoms with Gasteiger partial charge in [-0.1, -0.05) is 0 Å². The first kappa shape index (κ1) is 15.2. The van der Waals surface area contributed by atoms with E-state index in [4.69, 9.17) is 4.74 Å². The molecule has 0 aliphatic rings. The van der Waals surface area contributed by atoms with Crippen molar-refractivity contribution in [3.05, 3.63) is 42.0 Å². The number of aromatic nitrogens is 1. The van der Waals surface area contributed by atoms with Crippen molar-refractivity contribution in [2.45, 2.75) is 13.1 Å². The number of anilines is 1. The van der Waals surface area contributed by atoms with Crippen LogP contribution in [0.4, 0.5) is 19.0 Å². The first-order valence-corrected chi connectivity index (χ1v) is 6.41. The summed E-state index contributed by atoms with van der Waals surface area (Å²) in [5.74, 6) is 0.843. The summed E-state index contributed by atoms with van der Waals surface area (Å²) in [6.07, 6.45) is -4.41. The normalized spacial score (nSPS) is 11.3. The number of pyridine rings is 1. The Kier molecular flexibility index (Phi) is 4.35. The second-order valence-electron chi connectivity index (χ2n) is 4.38. The van der Waals surface area contributed by atoms with Gasteiger partial charge in [0.2, 0.25) is 0 Å². The van der Waals surface area contributed by atoms with Gasteiger partial charge in [-0.25, -0.2) is 4.98 Å². The summed E-state index contributed by atoms with van der Waals surface area (Å²) < 4.78 is 43.9. The molecule has 0 atom stereocenters. The van der Waals surface area contributed by atoms with Crippen LogP contribution in [0.2, 0.25) is 0 Å². The third kappa shape index (κ3) is 3.65. The van der Waals surface area contributed by atoms with Crippen LogP contribution < -0.4 is 10.1 Å². The zero-order valence-electron chi connectivity index (χ0n) is 11.7. The van der Waals surface area contributed by atoms with Gasteiger partial charge in [-0.2, -0.15) is 13.2 Å². The Bertz CT molecular complexity index is 609. The third-order valence-electron chi connectivity index (χ3n) is 2.90. The Morgan fingerprint density at radius 1 is 1.14 bits per heavy atom. The molecule has 1 heterocycles. The summed E-state index contributed by atoms with van der Waals surface area (Å²) in [5, 5.41) is 2.82. The summed E-state index contributed by atoms with van der Waals surface area (Å²) in [5.41, 5.74) is 0.142. The smallest absolute Gasteiger partial charge is 0.416 e. The van der Waals surface area contributed by atoms with E-state index >= 15 is 0 Å². The number of alkyl halides is 3. The Morgan fingerprint density at radius 3 is 2.33 bits per heavy atom. The number of methoxy groups -OCH3 is 1. The zero-order chi connectivity index (χ0) is 15.5. The van der Waals surface area contributed by atoms with Crippen LogP contribution in [0.1, 0.15) is 12.5 Å². The number of ether oxygens (including phenoxy) is 1. The molecule has 21 heavy (non-hydrogen) atoms. The van der Waals surface area contributed by atoms with Crippen molar-refractivity contribution < 1.29 is 17.9 Å². The Hall–Kier alpha value is -2.24. The monoisotopic (exact) mass is 296 g/mol. The second kappa shape index (κ2) is 6.03. The van der Waals surface area contributed by atoms with E-state index in [-0.39, 0.29) is 11.5 Å². The van der Waals surface area contributed by atoms with E-state index in [1.165, 1.54) is 7.11 Å². The Labute approximate surface area is 120 Å².